The molecule has 2 rings (SSSR count). The van der Waals surface area contributed by atoms with Crippen LogP contribution in [0.3, 0.4) is 0 Å². The second-order valence-electron chi connectivity index (χ2n) is 4.72. The number of rotatable bonds is 4. The van der Waals surface area contributed by atoms with Crippen molar-refractivity contribution in [3.63, 3.8) is 0 Å². The quantitative estimate of drug-likeness (QED) is 0.683. The summed E-state index contributed by atoms with van der Waals surface area (Å²) in [7, 11) is -3.66. The van der Waals surface area contributed by atoms with Crippen molar-refractivity contribution in [2.24, 2.45) is 0 Å². The van der Waals surface area contributed by atoms with Crippen LogP contribution in [0.15, 0.2) is 53.4 Å². The first-order chi connectivity index (χ1) is 10.9. The highest BCUT2D eigenvalue weighted by molar-refractivity contribution is 7.89. The molecular formula is C17H14ClNO3S. The molecule has 6 heteroatoms. The van der Waals surface area contributed by atoms with Crippen molar-refractivity contribution in [3.8, 4) is 11.8 Å². The van der Waals surface area contributed by atoms with Gasteiger partial charge in [0.1, 0.15) is 0 Å². The number of nitrogens with one attached hydrogen (secondary N) is 1. The smallest absolute Gasteiger partial charge is 0.241 e. The molecule has 0 spiro atoms. The minimum Gasteiger partial charge on any atom is -0.295 e. The van der Waals surface area contributed by atoms with Crippen LogP contribution in [0.4, 0.5) is 0 Å². The summed E-state index contributed by atoms with van der Waals surface area (Å²) in [6.07, 6.45) is 0. The molecule has 0 aliphatic carbocycles. The first-order valence-electron chi connectivity index (χ1n) is 6.73. The van der Waals surface area contributed by atoms with Gasteiger partial charge >= 0.3 is 0 Å². The Hall–Kier alpha value is -2.13. The molecule has 0 saturated carbocycles. The Labute approximate surface area is 140 Å². The Morgan fingerprint density at radius 2 is 1.87 bits per heavy atom. The van der Waals surface area contributed by atoms with E-state index in [4.69, 9.17) is 11.6 Å². The molecule has 0 aromatic heterocycles. The molecule has 0 fully saturated rings. The molecule has 0 radical (unpaired) electrons. The summed E-state index contributed by atoms with van der Waals surface area (Å²) < 4.78 is 26.6. The van der Waals surface area contributed by atoms with Gasteiger partial charge in [-0.15, -0.1) is 0 Å². The van der Waals surface area contributed by atoms with Crippen LogP contribution in [0.25, 0.3) is 0 Å². The lowest BCUT2D eigenvalue weighted by Gasteiger charge is -2.04. The van der Waals surface area contributed by atoms with Gasteiger partial charge in [0.25, 0.3) is 0 Å². The van der Waals surface area contributed by atoms with Gasteiger partial charge in [-0.3, -0.25) is 4.79 Å². The summed E-state index contributed by atoms with van der Waals surface area (Å²) in [5, 5.41) is 0.572. The number of Topliss-reactive ketones (excluding diaryl/α,β-unsaturated/α-hetero) is 1. The average Bonchev–Trinajstić information content (AvgIpc) is 2.52. The average molecular weight is 348 g/mol. The molecule has 118 valence electrons. The molecule has 0 unspecified atom stereocenters. The van der Waals surface area contributed by atoms with Gasteiger partial charge in [-0.1, -0.05) is 41.6 Å². The summed E-state index contributed by atoms with van der Waals surface area (Å²) in [4.78, 5) is 11.3. The van der Waals surface area contributed by atoms with Gasteiger partial charge in [0.05, 0.1) is 11.4 Å². The third kappa shape index (κ3) is 4.93. The van der Waals surface area contributed by atoms with E-state index in [1.54, 1.807) is 24.3 Å². The monoisotopic (exact) mass is 347 g/mol. The molecule has 1 N–H and O–H groups in total. The molecule has 0 atom stereocenters. The van der Waals surface area contributed by atoms with Gasteiger partial charge in [0.15, 0.2) is 5.78 Å². The van der Waals surface area contributed by atoms with Crippen LogP contribution in [0, 0.1) is 11.8 Å². The Morgan fingerprint density at radius 1 is 1.17 bits per heavy atom. The fraction of sp³-hybridized carbons (Fsp3) is 0.118. The Bertz CT molecular complexity index is 878. The van der Waals surface area contributed by atoms with Crippen LogP contribution in [0.5, 0.6) is 0 Å². The predicted octanol–water partition coefficient (Wildman–Crippen LogP) is 2.87. The fourth-order valence-corrected chi connectivity index (χ4v) is 2.91. The highest BCUT2D eigenvalue weighted by atomic mass is 35.5. The molecule has 2 aromatic carbocycles. The molecule has 4 nitrogen and oxygen atoms in total. The van der Waals surface area contributed by atoms with Crippen LogP contribution in [-0.4, -0.2) is 20.7 Å². The second kappa shape index (κ2) is 7.42. The van der Waals surface area contributed by atoms with E-state index in [-0.39, 0.29) is 17.2 Å². The van der Waals surface area contributed by atoms with E-state index >= 15 is 0 Å². The van der Waals surface area contributed by atoms with E-state index in [1.165, 1.54) is 31.2 Å². The zero-order chi connectivity index (χ0) is 16.9. The number of sulfonamides is 1. The van der Waals surface area contributed by atoms with Crippen LogP contribution in [0.1, 0.15) is 22.8 Å². The molecular weight excluding hydrogens is 334 g/mol. The molecule has 0 bridgehead atoms. The molecule has 0 aliphatic rings. The molecule has 0 heterocycles. The number of hydrogen-bond donors (Lipinski definition) is 1. The van der Waals surface area contributed by atoms with E-state index in [1.807, 2.05) is 0 Å². The number of benzene rings is 2. The largest absolute Gasteiger partial charge is 0.295 e. The molecule has 23 heavy (non-hydrogen) atoms. The predicted molar refractivity (Wildman–Crippen MR) is 90.0 cm³/mol. The fourth-order valence-electron chi connectivity index (χ4n) is 1.80. The minimum absolute atomic E-state index is 0.0245. The van der Waals surface area contributed by atoms with Crippen molar-refractivity contribution in [1.82, 2.24) is 4.72 Å². The first kappa shape index (κ1) is 17.2. The Kier molecular flexibility index (Phi) is 5.56. The van der Waals surface area contributed by atoms with E-state index in [9.17, 15) is 13.2 Å². The lowest BCUT2D eigenvalue weighted by Crippen LogP contribution is -2.24. The Morgan fingerprint density at radius 3 is 2.48 bits per heavy atom. The van der Waals surface area contributed by atoms with Crippen molar-refractivity contribution < 1.29 is 13.2 Å². The van der Waals surface area contributed by atoms with Gasteiger partial charge in [-0.2, -0.15) is 4.72 Å². The molecule has 2 aromatic rings. The molecule has 0 saturated heterocycles. The minimum atomic E-state index is -3.66. The number of hydrogen-bond acceptors (Lipinski definition) is 3. The molecule has 0 amide bonds. The van der Waals surface area contributed by atoms with Crippen LogP contribution >= 0.6 is 11.6 Å². The second-order valence-corrected chi connectivity index (χ2v) is 6.92. The highest BCUT2D eigenvalue weighted by Gasteiger charge is 2.12. The van der Waals surface area contributed by atoms with Gasteiger partial charge < -0.3 is 0 Å². The van der Waals surface area contributed by atoms with Gasteiger partial charge in [-0.05, 0) is 37.3 Å². The zero-order valence-electron chi connectivity index (χ0n) is 12.3. The van der Waals surface area contributed by atoms with Gasteiger partial charge in [-0.25, -0.2) is 8.42 Å². The van der Waals surface area contributed by atoms with Crippen LogP contribution in [-0.2, 0) is 10.0 Å². The van der Waals surface area contributed by atoms with Gasteiger partial charge in [0.2, 0.25) is 10.0 Å². The maximum atomic E-state index is 12.1. The third-order valence-electron chi connectivity index (χ3n) is 2.98. The van der Waals surface area contributed by atoms with E-state index < -0.39 is 10.0 Å². The number of halogens is 1. The summed E-state index contributed by atoms with van der Waals surface area (Å²) in [6.45, 7) is 1.40. The van der Waals surface area contributed by atoms with Gasteiger partial charge in [0, 0.05) is 16.1 Å². The summed E-state index contributed by atoms with van der Waals surface area (Å²) >= 11 is 5.84. The van der Waals surface area contributed by atoms with E-state index in [0.29, 0.717) is 16.1 Å². The van der Waals surface area contributed by atoms with Crippen molar-refractivity contribution in [2.75, 3.05) is 6.54 Å². The van der Waals surface area contributed by atoms with E-state index in [2.05, 4.69) is 16.6 Å². The lowest BCUT2D eigenvalue weighted by atomic mass is 10.2. The maximum absolute atomic E-state index is 12.1. The highest BCUT2D eigenvalue weighted by Crippen LogP contribution is 2.11. The SMILES string of the molecule is CC(=O)c1ccc(S(=O)(=O)NCC#Cc2cccc(Cl)c2)cc1. The zero-order valence-corrected chi connectivity index (χ0v) is 13.9. The van der Waals surface area contributed by atoms with Crippen molar-refractivity contribution in [3.05, 3.63) is 64.7 Å². The van der Waals surface area contributed by atoms with Crippen LogP contribution in [0.2, 0.25) is 5.02 Å². The summed E-state index contributed by atoms with van der Waals surface area (Å²) in [5.41, 5.74) is 1.17. The van der Waals surface area contributed by atoms with Crippen LogP contribution < -0.4 is 4.72 Å². The normalized spacial score (nSPS) is 10.7. The Balaban J connectivity index is 2.03. The maximum Gasteiger partial charge on any atom is 0.241 e. The standard InChI is InChI=1S/C17H14ClNO3S/c1-13(20)15-7-9-17(10-8-15)23(21,22)19-11-3-5-14-4-2-6-16(18)12-14/h2,4,6-10,12,19H,11H2,1H3. The van der Waals surface area contributed by atoms with Crippen molar-refractivity contribution in [1.29, 1.82) is 0 Å². The number of carbonyl (C=O) groups is 1. The lowest BCUT2D eigenvalue weighted by molar-refractivity contribution is 0.101. The summed E-state index contributed by atoms with van der Waals surface area (Å²) in [6, 6.07) is 12.7. The van der Waals surface area contributed by atoms with E-state index in [0.717, 1.165) is 0 Å². The number of ketones is 1. The topological polar surface area (TPSA) is 63.2 Å². The molecule has 0 aliphatic heterocycles. The van der Waals surface area contributed by atoms with Crippen molar-refractivity contribution >= 4 is 27.4 Å². The number of carbonyl (C=O) groups excluding carboxylic acids is 1. The first-order valence-corrected chi connectivity index (χ1v) is 8.60. The third-order valence-corrected chi connectivity index (χ3v) is 4.63. The summed E-state index contributed by atoms with van der Waals surface area (Å²) in [5.74, 6) is 5.44. The van der Waals surface area contributed by atoms with Crippen molar-refractivity contribution in [2.45, 2.75) is 11.8 Å².